The monoisotopic (exact) mass is 215 g/mol. The second-order valence-electron chi connectivity index (χ2n) is 3.50. The van der Waals surface area contributed by atoms with Gasteiger partial charge in [0.1, 0.15) is 0 Å². The van der Waals surface area contributed by atoms with Gasteiger partial charge in [-0.15, -0.1) is 12.4 Å². The second kappa shape index (κ2) is 5.05. The summed E-state index contributed by atoms with van der Waals surface area (Å²) in [5.41, 5.74) is 14.7. The molecule has 0 amide bonds. The normalized spacial score (nSPS) is 10.0. The average molecular weight is 216 g/mol. The molecule has 0 aliphatic carbocycles. The SMILES string of the molecule is CCc1nc(C(C)C)cc(N)c1N.Cl. The average Bonchev–Trinajstić information content (AvgIpc) is 2.09. The topological polar surface area (TPSA) is 64.9 Å². The van der Waals surface area contributed by atoms with Crippen LogP contribution in [0.15, 0.2) is 6.07 Å². The van der Waals surface area contributed by atoms with Gasteiger partial charge in [-0.25, -0.2) is 0 Å². The minimum absolute atomic E-state index is 0. The smallest absolute Gasteiger partial charge is 0.0766 e. The van der Waals surface area contributed by atoms with E-state index >= 15 is 0 Å². The summed E-state index contributed by atoms with van der Waals surface area (Å²) in [4.78, 5) is 4.45. The second-order valence-corrected chi connectivity index (χ2v) is 3.50. The lowest BCUT2D eigenvalue weighted by molar-refractivity contribution is 0.809. The van der Waals surface area contributed by atoms with E-state index in [4.69, 9.17) is 11.5 Å². The first-order valence-corrected chi connectivity index (χ1v) is 4.61. The fourth-order valence-corrected chi connectivity index (χ4v) is 1.22. The van der Waals surface area contributed by atoms with Crippen LogP contribution in [0, 0.1) is 0 Å². The molecule has 0 spiro atoms. The summed E-state index contributed by atoms with van der Waals surface area (Å²) in [5.74, 6) is 0.396. The Hall–Kier alpha value is -0.960. The first-order chi connectivity index (χ1) is 6.06. The Morgan fingerprint density at radius 2 is 1.93 bits per heavy atom. The van der Waals surface area contributed by atoms with Crippen molar-refractivity contribution in [3.8, 4) is 0 Å². The number of nitrogen functional groups attached to an aromatic ring is 2. The molecule has 3 nitrogen and oxygen atoms in total. The molecular weight excluding hydrogens is 198 g/mol. The highest BCUT2D eigenvalue weighted by atomic mass is 35.5. The summed E-state index contributed by atoms with van der Waals surface area (Å²) >= 11 is 0. The van der Waals surface area contributed by atoms with Crippen LogP contribution in [0.25, 0.3) is 0 Å². The molecule has 0 saturated heterocycles. The maximum Gasteiger partial charge on any atom is 0.0766 e. The van der Waals surface area contributed by atoms with Crippen molar-refractivity contribution in [2.45, 2.75) is 33.1 Å². The molecule has 0 aliphatic rings. The van der Waals surface area contributed by atoms with Gasteiger partial charge in [-0.1, -0.05) is 20.8 Å². The van der Waals surface area contributed by atoms with Crippen molar-refractivity contribution in [1.82, 2.24) is 4.98 Å². The van der Waals surface area contributed by atoms with E-state index < -0.39 is 0 Å². The lowest BCUT2D eigenvalue weighted by Crippen LogP contribution is -2.05. The van der Waals surface area contributed by atoms with E-state index in [2.05, 4.69) is 18.8 Å². The maximum absolute atomic E-state index is 5.77. The van der Waals surface area contributed by atoms with Crippen LogP contribution in [0.1, 0.15) is 38.1 Å². The van der Waals surface area contributed by atoms with Gasteiger partial charge in [0, 0.05) is 5.69 Å². The third-order valence-electron chi connectivity index (χ3n) is 2.12. The van der Waals surface area contributed by atoms with E-state index in [9.17, 15) is 0 Å². The van der Waals surface area contributed by atoms with E-state index in [1.165, 1.54) is 0 Å². The zero-order valence-electron chi connectivity index (χ0n) is 8.87. The van der Waals surface area contributed by atoms with Crippen molar-refractivity contribution in [2.75, 3.05) is 11.5 Å². The van der Waals surface area contributed by atoms with Gasteiger partial charge >= 0.3 is 0 Å². The molecule has 1 aromatic heterocycles. The largest absolute Gasteiger partial charge is 0.397 e. The molecular formula is C10H18ClN3. The van der Waals surface area contributed by atoms with Gasteiger partial charge < -0.3 is 11.5 Å². The summed E-state index contributed by atoms with van der Waals surface area (Å²) < 4.78 is 0. The molecule has 1 rings (SSSR count). The number of pyridine rings is 1. The Bertz CT molecular complexity index is 310. The molecule has 0 aliphatic heterocycles. The molecule has 1 aromatic rings. The molecule has 0 bridgehead atoms. The minimum atomic E-state index is 0. The number of halogens is 1. The van der Waals surface area contributed by atoms with Gasteiger partial charge in [0.25, 0.3) is 0 Å². The quantitative estimate of drug-likeness (QED) is 0.796. The standard InChI is InChI=1S/C10H17N3.ClH/c1-4-8-10(12)7(11)5-9(13-8)6(2)3;/h5-6H,4,12H2,1-3H3,(H2,11,13);1H. The van der Waals surface area contributed by atoms with Crippen molar-refractivity contribution < 1.29 is 0 Å². The molecule has 80 valence electrons. The Labute approximate surface area is 91.3 Å². The molecule has 0 fully saturated rings. The van der Waals surface area contributed by atoms with Crippen molar-refractivity contribution in [3.05, 3.63) is 17.5 Å². The maximum atomic E-state index is 5.77. The van der Waals surface area contributed by atoms with Gasteiger partial charge in [-0.05, 0) is 18.4 Å². The highest BCUT2D eigenvalue weighted by molar-refractivity contribution is 5.85. The zero-order chi connectivity index (χ0) is 10.0. The highest BCUT2D eigenvalue weighted by Crippen LogP contribution is 2.23. The predicted octanol–water partition coefficient (Wildman–Crippen LogP) is 2.35. The van der Waals surface area contributed by atoms with E-state index in [0.29, 0.717) is 17.3 Å². The number of anilines is 2. The minimum Gasteiger partial charge on any atom is -0.397 e. The Morgan fingerprint density at radius 1 is 1.36 bits per heavy atom. The number of aryl methyl sites for hydroxylation is 1. The first-order valence-electron chi connectivity index (χ1n) is 4.61. The van der Waals surface area contributed by atoms with Crippen LogP contribution in [0.2, 0.25) is 0 Å². The van der Waals surface area contributed by atoms with Gasteiger partial charge in [0.2, 0.25) is 0 Å². The molecule has 0 radical (unpaired) electrons. The van der Waals surface area contributed by atoms with Crippen LogP contribution in [0.3, 0.4) is 0 Å². The van der Waals surface area contributed by atoms with Gasteiger partial charge in [-0.3, -0.25) is 4.98 Å². The molecule has 4 N–H and O–H groups in total. The van der Waals surface area contributed by atoms with Crippen LogP contribution < -0.4 is 11.5 Å². The number of aromatic nitrogens is 1. The van der Waals surface area contributed by atoms with Gasteiger partial charge in [0.05, 0.1) is 17.1 Å². The van der Waals surface area contributed by atoms with Crippen LogP contribution >= 0.6 is 12.4 Å². The van der Waals surface area contributed by atoms with Crippen LogP contribution in [-0.2, 0) is 6.42 Å². The number of rotatable bonds is 2. The van der Waals surface area contributed by atoms with Crippen molar-refractivity contribution >= 4 is 23.8 Å². The van der Waals surface area contributed by atoms with Crippen molar-refractivity contribution in [1.29, 1.82) is 0 Å². The third kappa shape index (κ3) is 2.51. The first kappa shape index (κ1) is 13.0. The van der Waals surface area contributed by atoms with E-state index in [1.807, 2.05) is 13.0 Å². The summed E-state index contributed by atoms with van der Waals surface area (Å²) in [6.45, 7) is 6.22. The van der Waals surface area contributed by atoms with Crippen LogP contribution in [0.4, 0.5) is 11.4 Å². The highest BCUT2D eigenvalue weighted by Gasteiger charge is 2.08. The summed E-state index contributed by atoms with van der Waals surface area (Å²) in [6, 6.07) is 1.86. The number of hydrogen-bond donors (Lipinski definition) is 2. The third-order valence-corrected chi connectivity index (χ3v) is 2.12. The van der Waals surface area contributed by atoms with Crippen LogP contribution in [-0.4, -0.2) is 4.98 Å². The number of nitrogens with zero attached hydrogens (tertiary/aromatic N) is 1. The zero-order valence-corrected chi connectivity index (χ0v) is 9.69. The molecule has 4 heteroatoms. The Morgan fingerprint density at radius 3 is 2.36 bits per heavy atom. The Kier molecular flexibility index (Phi) is 4.71. The lowest BCUT2D eigenvalue weighted by Gasteiger charge is -2.11. The summed E-state index contributed by atoms with van der Waals surface area (Å²) in [6.07, 6.45) is 0.830. The van der Waals surface area contributed by atoms with E-state index in [1.54, 1.807) is 0 Å². The summed E-state index contributed by atoms with van der Waals surface area (Å²) in [7, 11) is 0. The van der Waals surface area contributed by atoms with Gasteiger partial charge in [0.15, 0.2) is 0 Å². The summed E-state index contributed by atoms with van der Waals surface area (Å²) in [5, 5.41) is 0. The molecule has 1 heterocycles. The molecule has 0 saturated carbocycles. The molecule has 14 heavy (non-hydrogen) atoms. The fraction of sp³-hybridized carbons (Fsp3) is 0.500. The molecule has 0 unspecified atom stereocenters. The van der Waals surface area contributed by atoms with E-state index in [-0.39, 0.29) is 12.4 Å². The molecule has 0 atom stereocenters. The van der Waals surface area contributed by atoms with Crippen molar-refractivity contribution in [3.63, 3.8) is 0 Å². The van der Waals surface area contributed by atoms with Crippen LogP contribution in [0.5, 0.6) is 0 Å². The fourth-order valence-electron chi connectivity index (χ4n) is 1.22. The predicted molar refractivity (Wildman–Crippen MR) is 63.8 cm³/mol. The lowest BCUT2D eigenvalue weighted by atomic mass is 10.1. The van der Waals surface area contributed by atoms with E-state index in [0.717, 1.165) is 17.8 Å². The Balaban J connectivity index is 0.00000169. The van der Waals surface area contributed by atoms with Crippen molar-refractivity contribution in [2.24, 2.45) is 0 Å². The number of nitrogens with two attached hydrogens (primary N) is 2. The molecule has 0 aromatic carbocycles. The number of hydrogen-bond acceptors (Lipinski definition) is 3. The van der Waals surface area contributed by atoms with Gasteiger partial charge in [-0.2, -0.15) is 0 Å².